The van der Waals surface area contributed by atoms with Crippen molar-refractivity contribution in [3.05, 3.63) is 34.9 Å². The van der Waals surface area contributed by atoms with Gasteiger partial charge < -0.3 is 5.32 Å². The molecule has 0 radical (unpaired) electrons. The number of halogens is 3. The summed E-state index contributed by atoms with van der Waals surface area (Å²) in [5, 5.41) is 1.69. The zero-order valence-corrected chi connectivity index (χ0v) is 11.7. The number of carbonyl (C=O) groups is 3. The first-order valence-electron chi connectivity index (χ1n) is 6.49. The standard InChI is InChI=1S/C14H13F3N2O3/c1-8-2-3-9-10(6-8)13(22)19(12(9)21)5-4-11(20)18-7-14(15,16)17/h2-3,6H,4-5,7H2,1H3,(H,18,20). The monoisotopic (exact) mass is 314 g/mol. The molecule has 0 unspecified atom stereocenters. The number of imide groups is 1. The third-order valence-electron chi connectivity index (χ3n) is 3.17. The third kappa shape index (κ3) is 3.44. The number of hydrogen-bond donors (Lipinski definition) is 1. The van der Waals surface area contributed by atoms with Crippen molar-refractivity contribution in [2.24, 2.45) is 0 Å². The number of hydrogen-bond acceptors (Lipinski definition) is 3. The molecule has 1 aliphatic heterocycles. The molecule has 22 heavy (non-hydrogen) atoms. The van der Waals surface area contributed by atoms with Crippen molar-refractivity contribution in [1.29, 1.82) is 0 Å². The minimum atomic E-state index is -4.50. The zero-order valence-electron chi connectivity index (χ0n) is 11.7. The summed E-state index contributed by atoms with van der Waals surface area (Å²) in [6.45, 7) is 0.0769. The van der Waals surface area contributed by atoms with Crippen LogP contribution in [0.2, 0.25) is 0 Å². The number of nitrogens with one attached hydrogen (secondary N) is 1. The van der Waals surface area contributed by atoms with Gasteiger partial charge in [0, 0.05) is 13.0 Å². The Labute approximate surface area is 124 Å². The Hall–Kier alpha value is -2.38. The van der Waals surface area contributed by atoms with Crippen LogP contribution in [0.4, 0.5) is 13.2 Å². The highest BCUT2D eigenvalue weighted by Crippen LogP contribution is 2.23. The maximum absolute atomic E-state index is 12.1. The third-order valence-corrected chi connectivity index (χ3v) is 3.17. The van der Waals surface area contributed by atoms with Gasteiger partial charge in [0.25, 0.3) is 11.8 Å². The Balaban J connectivity index is 1.97. The molecule has 1 N–H and O–H groups in total. The van der Waals surface area contributed by atoms with Crippen molar-refractivity contribution in [3.63, 3.8) is 0 Å². The van der Waals surface area contributed by atoms with Crippen LogP contribution in [0.25, 0.3) is 0 Å². The second kappa shape index (κ2) is 5.78. The molecule has 3 amide bonds. The topological polar surface area (TPSA) is 66.5 Å². The summed E-state index contributed by atoms with van der Waals surface area (Å²) in [4.78, 5) is 36.3. The molecular weight excluding hydrogens is 301 g/mol. The Bertz CT molecular complexity index is 641. The molecule has 0 fully saturated rings. The van der Waals surface area contributed by atoms with Crippen LogP contribution in [0.1, 0.15) is 32.7 Å². The van der Waals surface area contributed by atoms with Gasteiger partial charge in [-0.15, -0.1) is 0 Å². The van der Waals surface area contributed by atoms with E-state index in [2.05, 4.69) is 0 Å². The van der Waals surface area contributed by atoms with Gasteiger partial charge in [-0.2, -0.15) is 13.2 Å². The highest BCUT2D eigenvalue weighted by atomic mass is 19.4. The molecule has 1 aromatic carbocycles. The van der Waals surface area contributed by atoms with Crippen LogP contribution in [0, 0.1) is 6.92 Å². The number of nitrogens with zero attached hydrogens (tertiary/aromatic N) is 1. The molecule has 0 saturated carbocycles. The van der Waals surface area contributed by atoms with Crippen LogP contribution < -0.4 is 5.32 Å². The fourth-order valence-corrected chi connectivity index (χ4v) is 2.11. The summed E-state index contributed by atoms with van der Waals surface area (Å²) in [5.74, 6) is -1.94. The van der Waals surface area contributed by atoms with Gasteiger partial charge in [0.15, 0.2) is 0 Å². The van der Waals surface area contributed by atoms with Crippen molar-refractivity contribution in [2.45, 2.75) is 19.5 Å². The summed E-state index contributed by atoms with van der Waals surface area (Å²) in [5.41, 5.74) is 1.30. The summed E-state index contributed by atoms with van der Waals surface area (Å²) in [6, 6.07) is 4.78. The van der Waals surface area contributed by atoms with Crippen molar-refractivity contribution in [2.75, 3.05) is 13.1 Å². The molecule has 0 bridgehead atoms. The maximum atomic E-state index is 12.1. The molecule has 8 heteroatoms. The molecule has 5 nitrogen and oxygen atoms in total. The SMILES string of the molecule is Cc1ccc2c(c1)C(=O)N(CCC(=O)NCC(F)(F)F)C2=O. The van der Waals surface area contributed by atoms with Crippen LogP contribution in [0.5, 0.6) is 0 Å². The quantitative estimate of drug-likeness (QED) is 0.860. The predicted octanol–water partition coefficient (Wildman–Crippen LogP) is 1.66. The average Bonchev–Trinajstić information content (AvgIpc) is 2.65. The fourth-order valence-electron chi connectivity index (χ4n) is 2.11. The smallest absolute Gasteiger partial charge is 0.347 e. The van der Waals surface area contributed by atoms with Crippen LogP contribution in [0.3, 0.4) is 0 Å². The van der Waals surface area contributed by atoms with E-state index in [1.54, 1.807) is 24.4 Å². The summed E-state index contributed by atoms with van der Waals surface area (Å²) in [7, 11) is 0. The maximum Gasteiger partial charge on any atom is 0.405 e. The van der Waals surface area contributed by atoms with Gasteiger partial charge in [-0.25, -0.2) is 0 Å². The summed E-state index contributed by atoms with van der Waals surface area (Å²) < 4.78 is 35.9. The Morgan fingerprint density at radius 2 is 1.82 bits per heavy atom. The van der Waals surface area contributed by atoms with Crippen LogP contribution in [-0.4, -0.2) is 41.9 Å². The number of aryl methyl sites for hydroxylation is 1. The molecule has 2 rings (SSSR count). The van der Waals surface area contributed by atoms with E-state index >= 15 is 0 Å². The van der Waals surface area contributed by atoms with E-state index in [9.17, 15) is 27.6 Å². The minimum Gasteiger partial charge on any atom is -0.347 e. The van der Waals surface area contributed by atoms with E-state index in [1.165, 1.54) is 6.07 Å². The molecule has 0 spiro atoms. The second-order valence-electron chi connectivity index (χ2n) is 4.95. The lowest BCUT2D eigenvalue weighted by Crippen LogP contribution is -2.37. The van der Waals surface area contributed by atoms with Gasteiger partial charge in [-0.1, -0.05) is 11.6 Å². The first-order chi connectivity index (χ1) is 10.2. The summed E-state index contributed by atoms with van der Waals surface area (Å²) in [6.07, 6.45) is -4.87. The van der Waals surface area contributed by atoms with Crippen LogP contribution in [0.15, 0.2) is 18.2 Å². The largest absolute Gasteiger partial charge is 0.405 e. The van der Waals surface area contributed by atoms with E-state index in [0.29, 0.717) is 0 Å². The van der Waals surface area contributed by atoms with Gasteiger partial charge in [-0.05, 0) is 19.1 Å². The lowest BCUT2D eigenvalue weighted by Gasteiger charge is -2.14. The Morgan fingerprint density at radius 3 is 2.45 bits per heavy atom. The van der Waals surface area contributed by atoms with Crippen LogP contribution >= 0.6 is 0 Å². The van der Waals surface area contributed by atoms with Gasteiger partial charge >= 0.3 is 6.18 Å². The number of amides is 3. The lowest BCUT2D eigenvalue weighted by atomic mass is 10.1. The summed E-state index contributed by atoms with van der Waals surface area (Å²) >= 11 is 0. The number of carbonyl (C=O) groups excluding carboxylic acids is 3. The molecular formula is C14H13F3N2O3. The highest BCUT2D eigenvalue weighted by molar-refractivity contribution is 6.21. The normalized spacial score (nSPS) is 14.3. The molecule has 1 aromatic rings. The van der Waals surface area contributed by atoms with E-state index in [-0.39, 0.29) is 24.1 Å². The van der Waals surface area contributed by atoms with Crippen molar-refractivity contribution in [1.82, 2.24) is 10.2 Å². The van der Waals surface area contributed by atoms with Gasteiger partial charge in [0.1, 0.15) is 6.54 Å². The molecule has 1 heterocycles. The first-order valence-corrected chi connectivity index (χ1v) is 6.49. The molecule has 0 aromatic heterocycles. The fraction of sp³-hybridized carbons (Fsp3) is 0.357. The molecule has 118 valence electrons. The van der Waals surface area contributed by atoms with Crippen molar-refractivity contribution in [3.8, 4) is 0 Å². The van der Waals surface area contributed by atoms with E-state index < -0.39 is 30.4 Å². The van der Waals surface area contributed by atoms with Gasteiger partial charge in [0.2, 0.25) is 5.91 Å². The molecule has 0 atom stereocenters. The first kappa shape index (κ1) is 16.0. The van der Waals surface area contributed by atoms with E-state index in [0.717, 1.165) is 10.5 Å². The van der Waals surface area contributed by atoms with Crippen molar-refractivity contribution >= 4 is 17.7 Å². The Kier molecular flexibility index (Phi) is 4.20. The second-order valence-corrected chi connectivity index (χ2v) is 4.95. The van der Waals surface area contributed by atoms with E-state index in [1.807, 2.05) is 0 Å². The van der Waals surface area contributed by atoms with Gasteiger partial charge in [0.05, 0.1) is 11.1 Å². The Morgan fingerprint density at radius 1 is 1.18 bits per heavy atom. The highest BCUT2D eigenvalue weighted by Gasteiger charge is 2.35. The van der Waals surface area contributed by atoms with Crippen LogP contribution in [-0.2, 0) is 4.79 Å². The lowest BCUT2D eigenvalue weighted by molar-refractivity contribution is -0.138. The zero-order chi connectivity index (χ0) is 16.5. The predicted molar refractivity (Wildman–Crippen MR) is 70.2 cm³/mol. The van der Waals surface area contributed by atoms with Crippen molar-refractivity contribution < 1.29 is 27.6 Å². The molecule has 0 saturated heterocycles. The van der Waals surface area contributed by atoms with E-state index in [4.69, 9.17) is 0 Å². The van der Waals surface area contributed by atoms with Gasteiger partial charge in [-0.3, -0.25) is 19.3 Å². The molecule has 0 aliphatic carbocycles. The number of benzene rings is 1. The molecule has 1 aliphatic rings. The number of fused-ring (bicyclic) bond motifs is 1. The average molecular weight is 314 g/mol. The number of rotatable bonds is 4. The minimum absolute atomic E-state index is 0.242. The number of alkyl halides is 3.